The normalized spacial score (nSPS) is 15.9. The highest BCUT2D eigenvalue weighted by atomic mass is 16.4. The minimum atomic E-state index is -1.98. The number of guanidine groups is 3. The Morgan fingerprint density at radius 2 is 0.642 bits per heavy atom. The first-order valence-corrected chi connectivity index (χ1v) is 48.8. The molecule has 0 spiro atoms. The van der Waals surface area contributed by atoms with E-state index in [9.17, 15) is 131 Å². The Bertz CT molecular complexity index is 4440. The molecule has 0 aromatic carbocycles. The second kappa shape index (κ2) is 71.4. The molecule has 148 heavy (non-hydrogen) atoms. The first-order valence-electron chi connectivity index (χ1n) is 48.8. The lowest BCUT2D eigenvalue weighted by Gasteiger charge is -2.30. The SMILES string of the molecule is CC(=O)NCCCC[C@H](NC(=O)CNC(=O)CNC(=O)[C@@H](NC(=O)[C@H](CO)NC(=O)[C@H](CCCCN)NC(=O)[C@H](CCCNC(=N)N)NC(=O)[C@H](C)NC(=O)[C@@H](NC(=O)[C@H](CCC(N)=O)NC(=O)[C@H](CCCCN)NC(=O)[C@@H](NC(=O)[C@H](CCCNC(=N)N)NC(=O)[C@H](C)N)[C@@H](C)O)[C@@H](C)O)[C@@H](C)O)C(=O)N[C@@H](C)C(=O)N1CCC[C@H]1C(=O)N[C@@H](CCCNC(=N)N)C(=O)N[C@@H](CCCCN)C(=O)N[C@@H](CCC(N)=O)C(=O)O. The van der Waals surface area contributed by atoms with Crippen LogP contribution in [0.25, 0.3) is 0 Å². The van der Waals surface area contributed by atoms with Gasteiger partial charge in [-0.05, 0) is 202 Å². The molecule has 0 radical (unpaired) electrons. The number of nitrogens with one attached hydrogen (secondary N) is 24. The number of nitrogens with zero attached hydrogens (tertiary/aromatic N) is 1. The fourth-order valence-electron chi connectivity index (χ4n) is 14.5. The molecule has 20 atom stereocenters. The van der Waals surface area contributed by atoms with Crippen LogP contribution >= 0.6 is 0 Å². The molecule has 0 bridgehead atoms. The van der Waals surface area contributed by atoms with Crippen molar-refractivity contribution >= 4 is 148 Å². The van der Waals surface area contributed by atoms with E-state index >= 15 is 0 Å². The van der Waals surface area contributed by atoms with Gasteiger partial charge in [0.25, 0.3) is 0 Å². The molecule has 1 fully saturated rings. The molecule has 0 unspecified atom stereocenters. The molecule has 47 N–H and O–H groups in total. The molecule has 1 saturated heterocycles. The van der Waals surface area contributed by atoms with Crippen molar-refractivity contribution in [2.24, 2.45) is 51.6 Å². The van der Waals surface area contributed by atoms with E-state index in [1.54, 1.807) is 0 Å². The Kier molecular flexibility index (Phi) is 63.6. The second-order valence-electron chi connectivity index (χ2n) is 35.6. The number of unbranched alkanes of at least 4 members (excludes halogenated alkanes) is 4. The Morgan fingerprint density at radius 1 is 0.331 bits per heavy atom. The maximum absolute atomic E-state index is 14.4. The van der Waals surface area contributed by atoms with Crippen LogP contribution in [0.2, 0.25) is 0 Å². The number of primary amides is 2. The maximum atomic E-state index is 14.4. The van der Waals surface area contributed by atoms with Gasteiger partial charge in [-0.15, -0.1) is 0 Å². The van der Waals surface area contributed by atoms with Crippen LogP contribution < -0.4 is 163 Å². The number of carboxylic acid groups (broad SMARTS) is 1. The monoisotopic (exact) mass is 2110 g/mol. The third-order valence-corrected chi connectivity index (χ3v) is 22.8. The van der Waals surface area contributed by atoms with E-state index < -0.39 is 296 Å². The van der Waals surface area contributed by atoms with Gasteiger partial charge in [-0.2, -0.15) is 0 Å². The Labute approximate surface area is 855 Å². The molecule has 0 saturated carbocycles. The lowest BCUT2D eigenvalue weighted by atomic mass is 10.0. The molecule has 61 nitrogen and oxygen atoms in total. The average molecular weight is 2110 g/mol. The number of amides is 21. The molecule has 1 aliphatic rings. The number of hydrogen-bond acceptors (Lipinski definition) is 33. The topological polar surface area (TPSA) is 1040 Å². The fourth-order valence-corrected chi connectivity index (χ4v) is 14.5. The first-order chi connectivity index (χ1) is 69.6. The van der Waals surface area contributed by atoms with Gasteiger partial charge < -0.3 is 194 Å². The summed E-state index contributed by atoms with van der Waals surface area (Å²) >= 11 is 0. The van der Waals surface area contributed by atoms with Gasteiger partial charge in [0.1, 0.15) is 96.7 Å². The molecular formula is C87H158N34O27. The highest BCUT2D eigenvalue weighted by molar-refractivity contribution is 6.02. The summed E-state index contributed by atoms with van der Waals surface area (Å²) in [5.41, 5.74) is 49.8. The Morgan fingerprint density at radius 3 is 1.03 bits per heavy atom. The number of carbonyl (C=O) groups is 22. The van der Waals surface area contributed by atoms with Crippen LogP contribution in [-0.4, -0.2) is 371 Å². The van der Waals surface area contributed by atoms with Gasteiger partial charge in [0.2, 0.25) is 124 Å². The maximum Gasteiger partial charge on any atom is 0.326 e. The molecule has 838 valence electrons. The van der Waals surface area contributed by atoms with Gasteiger partial charge in [0.15, 0.2) is 17.9 Å². The van der Waals surface area contributed by atoms with Crippen molar-refractivity contribution in [1.82, 2.24) is 117 Å². The van der Waals surface area contributed by atoms with Gasteiger partial charge in [0, 0.05) is 52.5 Å². The summed E-state index contributed by atoms with van der Waals surface area (Å²) in [6.45, 7) is 5.78. The zero-order valence-corrected chi connectivity index (χ0v) is 84.7. The van der Waals surface area contributed by atoms with Crippen molar-refractivity contribution in [2.45, 2.75) is 324 Å². The van der Waals surface area contributed by atoms with Gasteiger partial charge >= 0.3 is 5.97 Å². The minimum absolute atomic E-state index is 0.0199. The molecule has 0 aromatic rings. The summed E-state index contributed by atoms with van der Waals surface area (Å²) in [6, 6.07) is -26.9. The fraction of sp³-hybridized carbons (Fsp3) is 0.713. The zero-order valence-electron chi connectivity index (χ0n) is 84.7. The molecule has 1 aliphatic heterocycles. The van der Waals surface area contributed by atoms with E-state index in [0.717, 1.165) is 32.6 Å². The van der Waals surface area contributed by atoms with E-state index in [2.05, 4.69) is 112 Å². The molecule has 1 rings (SSSR count). The lowest BCUT2D eigenvalue weighted by molar-refractivity contribution is -0.143. The standard InChI is InChI=1S/C87H158N34O27/c1-43(91)68(131)109-56(26-18-38-103-87(98)99)76(139)120-67(48(6)125)82(145)115-53(22-10-14-34-90)71(134)113-57(28-30-61(92)127)77(140)119-66(47(5)124)81(144)106-44(2)69(132)110-54(24-16-36-101-85(94)95)72(135)112-52(21-9-13-33-89)75(138)117-59(42-122)78(141)118-65(46(4)123)80(143)105-40-63(129)104-41-64(130)108-50(23-11-15-35-100-49(7)126)70(133)107-45(3)83(146)121-39-19-27-60(121)79(142)114-55(25-17-37-102-86(96)97)73(136)111-51(20-8-12-32-88)74(137)116-58(84(147)148)29-31-62(93)128/h43-48,50-60,65-67,122-125H,8-42,88-91H2,1-7H3,(H2,92,127)(H2,93,128)(H,100,126)(H,104,129)(H,105,143)(H,106,144)(H,107,133)(H,108,130)(H,109,131)(H,110,132)(H,111,136)(H,112,135)(H,113,134)(H,114,142)(H,115,145)(H,116,137)(H,117,138)(H,118,141)(H,119,140)(H,120,139)(H,147,148)(H4,94,95,101)(H4,96,97,102)(H4,98,99,103)/t43-,44-,45-,46+,47+,48+,50-,51-,52-,53-,54-,55-,56-,57-,58-,59-,60-,65-,66-,67-/m0/s1. The summed E-state index contributed by atoms with van der Waals surface area (Å²) in [6.07, 6.45) is -5.87. The Hall–Kier alpha value is -14.2. The van der Waals surface area contributed by atoms with E-state index in [-0.39, 0.29) is 193 Å². The largest absolute Gasteiger partial charge is 0.480 e. The van der Waals surface area contributed by atoms with Crippen LogP contribution in [0.3, 0.4) is 0 Å². The summed E-state index contributed by atoms with van der Waals surface area (Å²) in [5.74, 6) is -23.7. The van der Waals surface area contributed by atoms with Gasteiger partial charge in [0.05, 0.1) is 44.1 Å². The molecule has 21 amide bonds. The van der Waals surface area contributed by atoms with Gasteiger partial charge in [-0.25, -0.2) is 4.79 Å². The minimum Gasteiger partial charge on any atom is -0.480 e. The first kappa shape index (κ1) is 132. The van der Waals surface area contributed by atoms with E-state index in [4.69, 9.17) is 67.8 Å². The highest BCUT2D eigenvalue weighted by Crippen LogP contribution is 2.21. The number of rotatable bonds is 75. The number of hydrogen-bond donors (Lipinski definition) is 38. The third-order valence-electron chi connectivity index (χ3n) is 22.8. The molecule has 61 heteroatoms. The molecular weight excluding hydrogens is 1950 g/mol. The van der Waals surface area contributed by atoms with E-state index in [1.165, 1.54) is 20.8 Å². The van der Waals surface area contributed by atoms with Crippen LogP contribution in [0.15, 0.2) is 0 Å². The van der Waals surface area contributed by atoms with Crippen molar-refractivity contribution in [2.75, 3.05) is 72.1 Å². The quantitative estimate of drug-likeness (QED) is 0.0153. The van der Waals surface area contributed by atoms with Crippen molar-refractivity contribution in [3.63, 3.8) is 0 Å². The number of aliphatic carboxylic acids is 1. The molecule has 1 heterocycles. The number of nitrogens with two attached hydrogens (primary N) is 9. The summed E-state index contributed by atoms with van der Waals surface area (Å²) in [4.78, 5) is 299. The Balaban J connectivity index is 3.46. The second-order valence-corrected chi connectivity index (χ2v) is 35.6. The predicted molar refractivity (Wildman–Crippen MR) is 530 cm³/mol. The van der Waals surface area contributed by atoms with Crippen molar-refractivity contribution < 1.29 is 131 Å². The average Bonchev–Trinajstić information content (AvgIpc) is 1.52. The third kappa shape index (κ3) is 53.3. The van der Waals surface area contributed by atoms with Crippen LogP contribution in [0.1, 0.15) is 203 Å². The lowest BCUT2D eigenvalue weighted by Crippen LogP contribution is -2.62. The van der Waals surface area contributed by atoms with Gasteiger partial charge in [-0.3, -0.25) is 117 Å². The van der Waals surface area contributed by atoms with Crippen LogP contribution in [0.5, 0.6) is 0 Å². The smallest absolute Gasteiger partial charge is 0.326 e. The summed E-state index contributed by atoms with van der Waals surface area (Å²) < 4.78 is 0. The van der Waals surface area contributed by atoms with E-state index in [1.807, 2.05) is 0 Å². The summed E-state index contributed by atoms with van der Waals surface area (Å²) in [5, 5.41) is 126. The number of carboxylic acids is 1. The summed E-state index contributed by atoms with van der Waals surface area (Å²) in [7, 11) is 0. The van der Waals surface area contributed by atoms with Crippen molar-refractivity contribution in [3.05, 3.63) is 0 Å². The number of aliphatic hydroxyl groups excluding tert-OH is 4. The predicted octanol–water partition coefficient (Wildman–Crippen LogP) is -15.9. The molecule has 0 aromatic heterocycles. The van der Waals surface area contributed by atoms with Crippen molar-refractivity contribution in [1.29, 1.82) is 16.2 Å². The number of carbonyl (C=O) groups excluding carboxylic acids is 21. The number of likely N-dealkylation sites (tertiary alicyclic amines) is 1. The van der Waals surface area contributed by atoms with Crippen LogP contribution in [0, 0.1) is 16.2 Å². The van der Waals surface area contributed by atoms with E-state index in [0.29, 0.717) is 6.42 Å². The van der Waals surface area contributed by atoms with Crippen LogP contribution in [0.4, 0.5) is 0 Å². The van der Waals surface area contributed by atoms with Gasteiger partial charge in [-0.1, -0.05) is 0 Å². The highest BCUT2D eigenvalue weighted by Gasteiger charge is 2.43. The van der Waals surface area contributed by atoms with Crippen LogP contribution in [-0.2, 0) is 105 Å². The van der Waals surface area contributed by atoms with Crippen molar-refractivity contribution in [3.8, 4) is 0 Å². The number of aliphatic hydroxyl groups is 4. The zero-order chi connectivity index (χ0) is 112. The molecule has 0 aliphatic carbocycles.